The fourth-order valence-corrected chi connectivity index (χ4v) is 2.18. The predicted molar refractivity (Wildman–Crippen MR) is 67.4 cm³/mol. The van der Waals surface area contributed by atoms with E-state index in [2.05, 4.69) is 9.97 Å². The van der Waals surface area contributed by atoms with Gasteiger partial charge in [-0.25, -0.2) is 4.98 Å². The summed E-state index contributed by atoms with van der Waals surface area (Å²) in [6.07, 6.45) is -3.20. The molecule has 1 heterocycles. The highest BCUT2D eigenvalue weighted by Gasteiger charge is 2.33. The summed E-state index contributed by atoms with van der Waals surface area (Å²) >= 11 is 0.910. The summed E-state index contributed by atoms with van der Waals surface area (Å²) in [7, 11) is 0. The highest BCUT2D eigenvalue weighted by molar-refractivity contribution is 7.99. The number of rotatable bonds is 4. The number of thioether (sulfide) groups is 1. The number of hydrogen-bond donors (Lipinski definition) is 2. The van der Waals surface area contributed by atoms with Crippen molar-refractivity contribution in [2.75, 3.05) is 5.75 Å². The van der Waals surface area contributed by atoms with Gasteiger partial charge in [0.1, 0.15) is 0 Å². The number of carbonyl (C=O) groups is 1. The maximum atomic E-state index is 12.9. The first kappa shape index (κ1) is 14.4. The van der Waals surface area contributed by atoms with Crippen molar-refractivity contribution < 1.29 is 23.1 Å². The third kappa shape index (κ3) is 3.32. The fourth-order valence-electron chi connectivity index (χ4n) is 1.61. The quantitative estimate of drug-likeness (QED) is 0.851. The number of aromatic amines is 1. The Morgan fingerprint density at radius 3 is 2.70 bits per heavy atom. The lowest BCUT2D eigenvalue weighted by molar-refractivity contribution is -0.137. The zero-order valence-corrected chi connectivity index (χ0v) is 10.8. The van der Waals surface area contributed by atoms with Gasteiger partial charge in [0, 0.05) is 5.56 Å². The molecule has 0 amide bonds. The summed E-state index contributed by atoms with van der Waals surface area (Å²) in [6, 6.07) is 5.13. The number of nitrogens with one attached hydrogen (secondary N) is 1. The Kier molecular flexibility index (Phi) is 4.03. The second-order valence-electron chi connectivity index (χ2n) is 3.83. The van der Waals surface area contributed by atoms with Crippen molar-refractivity contribution in [3.05, 3.63) is 36.0 Å². The van der Waals surface area contributed by atoms with Crippen molar-refractivity contribution >= 4 is 17.7 Å². The Labute approximate surface area is 116 Å². The van der Waals surface area contributed by atoms with Crippen molar-refractivity contribution in [3.8, 4) is 11.3 Å². The number of imidazole rings is 1. The normalized spacial score (nSPS) is 11.6. The molecule has 1 aromatic heterocycles. The van der Waals surface area contributed by atoms with E-state index in [0.29, 0.717) is 0 Å². The average molecular weight is 302 g/mol. The third-order valence-corrected chi connectivity index (χ3v) is 3.28. The Morgan fingerprint density at radius 2 is 2.05 bits per heavy atom. The molecule has 4 nitrogen and oxygen atoms in total. The SMILES string of the molecule is O=C(O)CSc1ncc(-c2ccccc2C(F)(F)F)[nH]1. The molecule has 2 aromatic rings. The smallest absolute Gasteiger partial charge is 0.417 e. The highest BCUT2D eigenvalue weighted by Crippen LogP contribution is 2.36. The summed E-state index contributed by atoms with van der Waals surface area (Å²) in [5.41, 5.74) is -0.584. The lowest BCUT2D eigenvalue weighted by Crippen LogP contribution is -2.06. The monoisotopic (exact) mass is 302 g/mol. The van der Waals surface area contributed by atoms with Gasteiger partial charge in [0.15, 0.2) is 5.16 Å². The van der Waals surface area contributed by atoms with E-state index < -0.39 is 17.7 Å². The molecule has 2 rings (SSSR count). The maximum Gasteiger partial charge on any atom is 0.417 e. The van der Waals surface area contributed by atoms with Crippen LogP contribution in [0.4, 0.5) is 13.2 Å². The highest BCUT2D eigenvalue weighted by atomic mass is 32.2. The van der Waals surface area contributed by atoms with Crippen LogP contribution in [0.5, 0.6) is 0 Å². The van der Waals surface area contributed by atoms with Crippen LogP contribution < -0.4 is 0 Å². The van der Waals surface area contributed by atoms with E-state index in [1.54, 1.807) is 0 Å². The molecule has 1 aromatic carbocycles. The Balaban J connectivity index is 2.31. The zero-order chi connectivity index (χ0) is 14.8. The van der Waals surface area contributed by atoms with Crippen LogP contribution >= 0.6 is 11.8 Å². The zero-order valence-electron chi connectivity index (χ0n) is 9.94. The van der Waals surface area contributed by atoms with E-state index in [-0.39, 0.29) is 22.2 Å². The molecule has 0 saturated carbocycles. The number of H-pyrrole nitrogens is 1. The molecule has 106 valence electrons. The van der Waals surface area contributed by atoms with Crippen LogP contribution in [0.25, 0.3) is 11.3 Å². The number of halogens is 3. The minimum atomic E-state index is -4.46. The third-order valence-electron chi connectivity index (χ3n) is 2.41. The molecule has 0 fully saturated rings. The number of aliphatic carboxylic acids is 1. The molecule has 0 spiro atoms. The van der Waals surface area contributed by atoms with Crippen molar-refractivity contribution in [1.29, 1.82) is 0 Å². The first-order chi connectivity index (χ1) is 9.38. The number of aromatic nitrogens is 2. The fraction of sp³-hybridized carbons (Fsp3) is 0.167. The van der Waals surface area contributed by atoms with Crippen LogP contribution in [0.15, 0.2) is 35.6 Å². The van der Waals surface area contributed by atoms with Gasteiger partial charge >= 0.3 is 12.1 Å². The van der Waals surface area contributed by atoms with Gasteiger partial charge < -0.3 is 10.1 Å². The van der Waals surface area contributed by atoms with Gasteiger partial charge in [0.2, 0.25) is 0 Å². The van der Waals surface area contributed by atoms with Gasteiger partial charge in [-0.05, 0) is 6.07 Å². The lowest BCUT2D eigenvalue weighted by atomic mass is 10.1. The number of alkyl halides is 3. The standard InChI is InChI=1S/C12H9F3N2O2S/c13-12(14,15)8-4-2-1-3-7(8)9-5-16-11(17-9)20-6-10(18)19/h1-5H,6H2,(H,16,17)(H,18,19). The van der Waals surface area contributed by atoms with E-state index in [0.717, 1.165) is 17.8 Å². The molecule has 20 heavy (non-hydrogen) atoms. The van der Waals surface area contributed by atoms with E-state index in [9.17, 15) is 18.0 Å². The van der Waals surface area contributed by atoms with Crippen LogP contribution in [-0.2, 0) is 11.0 Å². The first-order valence-corrected chi connectivity index (χ1v) is 6.42. The molecule has 0 unspecified atom stereocenters. The number of hydrogen-bond acceptors (Lipinski definition) is 3. The van der Waals surface area contributed by atoms with Crippen LogP contribution in [0.3, 0.4) is 0 Å². The van der Waals surface area contributed by atoms with Crippen molar-refractivity contribution in [2.45, 2.75) is 11.3 Å². The van der Waals surface area contributed by atoms with Gasteiger partial charge in [-0.1, -0.05) is 30.0 Å². The molecular weight excluding hydrogens is 293 g/mol. The molecule has 0 aliphatic carbocycles. The van der Waals surface area contributed by atoms with Gasteiger partial charge in [-0.2, -0.15) is 13.2 Å². The van der Waals surface area contributed by atoms with Crippen molar-refractivity contribution in [2.24, 2.45) is 0 Å². The van der Waals surface area contributed by atoms with Crippen molar-refractivity contribution in [1.82, 2.24) is 9.97 Å². The molecule has 8 heteroatoms. The molecule has 0 saturated heterocycles. The summed E-state index contributed by atoms with van der Waals surface area (Å²) in [5, 5.41) is 8.80. The van der Waals surface area contributed by atoms with Crippen LogP contribution in [0.2, 0.25) is 0 Å². The lowest BCUT2D eigenvalue weighted by Gasteiger charge is -2.10. The van der Waals surface area contributed by atoms with Gasteiger partial charge in [0.05, 0.1) is 23.2 Å². The Bertz CT molecular complexity index is 625. The molecule has 0 aliphatic heterocycles. The van der Waals surface area contributed by atoms with E-state index in [1.165, 1.54) is 24.4 Å². The van der Waals surface area contributed by atoms with E-state index in [4.69, 9.17) is 5.11 Å². The summed E-state index contributed by atoms with van der Waals surface area (Å²) < 4.78 is 38.6. The second-order valence-corrected chi connectivity index (χ2v) is 4.79. The van der Waals surface area contributed by atoms with Gasteiger partial charge in [-0.15, -0.1) is 0 Å². The van der Waals surface area contributed by atoms with E-state index in [1.807, 2.05) is 0 Å². The molecule has 0 radical (unpaired) electrons. The molecule has 0 atom stereocenters. The predicted octanol–water partition coefficient (Wildman–Crippen LogP) is 3.27. The second kappa shape index (κ2) is 5.58. The molecule has 0 aliphatic rings. The van der Waals surface area contributed by atoms with Gasteiger partial charge in [0.25, 0.3) is 0 Å². The Hall–Kier alpha value is -1.96. The van der Waals surface area contributed by atoms with E-state index >= 15 is 0 Å². The van der Waals surface area contributed by atoms with Crippen molar-refractivity contribution in [3.63, 3.8) is 0 Å². The first-order valence-electron chi connectivity index (χ1n) is 5.44. The number of benzene rings is 1. The average Bonchev–Trinajstić information content (AvgIpc) is 2.84. The minimum absolute atomic E-state index is 0.0188. The minimum Gasteiger partial charge on any atom is -0.481 e. The summed E-state index contributed by atoms with van der Waals surface area (Å²) in [5.74, 6) is -1.24. The summed E-state index contributed by atoms with van der Waals surface area (Å²) in [4.78, 5) is 17.0. The van der Waals surface area contributed by atoms with Crippen LogP contribution in [0, 0.1) is 0 Å². The van der Waals surface area contributed by atoms with Gasteiger partial charge in [-0.3, -0.25) is 4.79 Å². The molecular formula is C12H9F3N2O2S. The number of nitrogens with zero attached hydrogens (tertiary/aromatic N) is 1. The van der Waals surface area contributed by atoms with Crippen LogP contribution in [0.1, 0.15) is 5.56 Å². The van der Waals surface area contributed by atoms with Crippen LogP contribution in [-0.4, -0.2) is 26.8 Å². The molecule has 0 bridgehead atoms. The largest absolute Gasteiger partial charge is 0.481 e. The Morgan fingerprint density at radius 1 is 1.35 bits per heavy atom. The topological polar surface area (TPSA) is 66.0 Å². The molecule has 2 N–H and O–H groups in total. The number of carboxylic acid groups (broad SMARTS) is 1. The summed E-state index contributed by atoms with van der Waals surface area (Å²) in [6.45, 7) is 0. The maximum absolute atomic E-state index is 12.9. The number of carboxylic acids is 1.